The van der Waals surface area contributed by atoms with Gasteiger partial charge in [-0.2, -0.15) is 4.72 Å². The topological polar surface area (TPSA) is 83.5 Å². The van der Waals surface area contributed by atoms with Crippen LogP contribution in [0.4, 0.5) is 0 Å². The summed E-state index contributed by atoms with van der Waals surface area (Å²) in [6.45, 7) is 3.55. The highest BCUT2D eigenvalue weighted by Crippen LogP contribution is 2.46. The molecular weight excluding hydrogens is 370 g/mol. The monoisotopic (exact) mass is 383 g/mol. The van der Waals surface area contributed by atoms with E-state index in [1.807, 2.05) is 0 Å². The van der Waals surface area contributed by atoms with Gasteiger partial charge < -0.3 is 5.11 Å². The molecule has 1 aliphatic rings. The number of hydrogen-bond acceptors (Lipinski definition) is 4. The Morgan fingerprint density at radius 3 is 2.54 bits per heavy atom. The maximum atomic E-state index is 12.5. The van der Waals surface area contributed by atoms with E-state index in [1.54, 1.807) is 30.3 Å². The third-order valence-electron chi connectivity index (χ3n) is 3.97. The van der Waals surface area contributed by atoms with E-state index in [9.17, 15) is 18.3 Å². The van der Waals surface area contributed by atoms with Crippen LogP contribution in [0.5, 0.6) is 0 Å². The second-order valence-electron chi connectivity index (χ2n) is 5.55. The molecule has 0 aliphatic heterocycles. The Labute approximate surface area is 148 Å². The van der Waals surface area contributed by atoms with E-state index in [2.05, 4.69) is 11.3 Å². The first kappa shape index (κ1) is 17.2. The lowest BCUT2D eigenvalue weighted by Crippen LogP contribution is -2.44. The number of carboxylic acid groups (broad SMARTS) is 1. The lowest BCUT2D eigenvalue weighted by atomic mass is 10.2. The van der Waals surface area contributed by atoms with Crippen molar-refractivity contribution in [3.05, 3.63) is 54.1 Å². The van der Waals surface area contributed by atoms with Crippen molar-refractivity contribution in [1.29, 1.82) is 0 Å². The van der Waals surface area contributed by atoms with Gasteiger partial charge in [0.15, 0.2) is 0 Å². The van der Waals surface area contributed by atoms with Gasteiger partial charge in [0.25, 0.3) is 10.0 Å². The molecular formula is C16H14ClNO4S2. The predicted octanol–water partition coefficient (Wildman–Crippen LogP) is 3.38. The van der Waals surface area contributed by atoms with Gasteiger partial charge in [-0.3, -0.25) is 4.79 Å². The highest BCUT2D eigenvalue weighted by molar-refractivity contribution is 7.91. The fraction of sp³-hybridized carbons (Fsp3) is 0.188. The number of thiophene rings is 1. The summed E-state index contributed by atoms with van der Waals surface area (Å²) in [5, 5.41) is 9.94. The molecule has 1 aromatic carbocycles. The molecule has 1 aromatic heterocycles. The van der Waals surface area contributed by atoms with Crippen molar-refractivity contribution in [1.82, 2.24) is 4.72 Å². The highest BCUT2D eigenvalue weighted by atomic mass is 35.5. The SMILES string of the molecule is C=C[C@@H]1C[C@]1(NS(=O)(=O)c1ccc(-c2ccc(Cl)cc2)s1)C(=O)O. The first-order valence-electron chi connectivity index (χ1n) is 7.04. The van der Waals surface area contributed by atoms with Crippen LogP contribution in [0.1, 0.15) is 6.42 Å². The van der Waals surface area contributed by atoms with Gasteiger partial charge in [0.05, 0.1) is 0 Å². The molecule has 24 heavy (non-hydrogen) atoms. The Kier molecular flexibility index (Phi) is 4.29. The van der Waals surface area contributed by atoms with Gasteiger partial charge in [0, 0.05) is 15.8 Å². The summed E-state index contributed by atoms with van der Waals surface area (Å²) >= 11 is 6.92. The van der Waals surface area contributed by atoms with Gasteiger partial charge in [-0.05, 0) is 36.2 Å². The van der Waals surface area contributed by atoms with Crippen molar-refractivity contribution in [2.45, 2.75) is 16.2 Å². The summed E-state index contributed by atoms with van der Waals surface area (Å²) in [5.74, 6) is -1.59. The van der Waals surface area contributed by atoms with Crippen LogP contribution < -0.4 is 4.72 Å². The molecule has 0 amide bonds. The van der Waals surface area contributed by atoms with E-state index in [0.717, 1.165) is 21.8 Å². The zero-order valence-corrected chi connectivity index (χ0v) is 14.8. The minimum Gasteiger partial charge on any atom is -0.480 e. The molecule has 2 aromatic rings. The molecule has 0 unspecified atom stereocenters. The van der Waals surface area contributed by atoms with Crippen LogP contribution >= 0.6 is 22.9 Å². The smallest absolute Gasteiger partial charge is 0.325 e. The van der Waals surface area contributed by atoms with Crippen LogP contribution in [0.3, 0.4) is 0 Å². The number of carboxylic acids is 1. The first-order chi connectivity index (χ1) is 11.3. The van der Waals surface area contributed by atoms with Crippen molar-refractivity contribution < 1.29 is 18.3 Å². The van der Waals surface area contributed by atoms with Crippen molar-refractivity contribution in [2.24, 2.45) is 5.92 Å². The molecule has 1 fully saturated rings. The standard InChI is InChI=1S/C16H14ClNO4S2/c1-2-11-9-16(11,15(19)20)18-24(21,22)14-8-7-13(23-14)10-3-5-12(17)6-4-10/h2-8,11,18H,1,9H2,(H,19,20)/t11-,16-/m1/s1. The van der Waals surface area contributed by atoms with E-state index in [4.69, 9.17) is 11.6 Å². The molecule has 1 heterocycles. The van der Waals surface area contributed by atoms with Gasteiger partial charge in [-0.1, -0.05) is 29.8 Å². The third-order valence-corrected chi connectivity index (χ3v) is 7.36. The summed E-state index contributed by atoms with van der Waals surface area (Å²) < 4.78 is 27.5. The fourth-order valence-electron chi connectivity index (χ4n) is 2.50. The molecule has 1 aliphatic carbocycles. The Bertz CT molecular complexity index is 904. The van der Waals surface area contributed by atoms with Gasteiger partial charge in [-0.25, -0.2) is 8.42 Å². The van der Waals surface area contributed by atoms with Crippen molar-refractivity contribution in [3.63, 3.8) is 0 Å². The average molecular weight is 384 g/mol. The van der Waals surface area contributed by atoms with Crippen LogP contribution in [0.15, 0.2) is 53.3 Å². The minimum atomic E-state index is -3.92. The van der Waals surface area contributed by atoms with E-state index in [0.29, 0.717) is 5.02 Å². The number of carbonyl (C=O) groups is 1. The number of halogens is 1. The summed E-state index contributed by atoms with van der Waals surface area (Å²) in [5.41, 5.74) is -0.639. The van der Waals surface area contributed by atoms with E-state index in [1.165, 1.54) is 12.1 Å². The number of aliphatic carboxylic acids is 1. The van der Waals surface area contributed by atoms with Crippen molar-refractivity contribution >= 4 is 38.9 Å². The quantitative estimate of drug-likeness (QED) is 0.749. The van der Waals surface area contributed by atoms with E-state index >= 15 is 0 Å². The van der Waals surface area contributed by atoms with Crippen LogP contribution in [0, 0.1) is 5.92 Å². The second kappa shape index (κ2) is 6.00. The number of hydrogen-bond donors (Lipinski definition) is 2. The van der Waals surface area contributed by atoms with E-state index in [-0.39, 0.29) is 10.6 Å². The Morgan fingerprint density at radius 2 is 2.00 bits per heavy atom. The van der Waals surface area contributed by atoms with Crippen molar-refractivity contribution in [3.8, 4) is 10.4 Å². The van der Waals surface area contributed by atoms with Gasteiger partial charge in [-0.15, -0.1) is 17.9 Å². The molecule has 0 spiro atoms. The number of benzene rings is 1. The van der Waals surface area contributed by atoms with Gasteiger partial charge in [0.1, 0.15) is 9.75 Å². The molecule has 5 nitrogen and oxygen atoms in total. The summed E-state index contributed by atoms with van der Waals surface area (Å²) in [7, 11) is -3.92. The maximum Gasteiger partial charge on any atom is 0.325 e. The van der Waals surface area contributed by atoms with Crippen molar-refractivity contribution in [2.75, 3.05) is 0 Å². The highest BCUT2D eigenvalue weighted by Gasteiger charge is 2.61. The van der Waals surface area contributed by atoms with E-state index < -0.39 is 27.4 Å². The first-order valence-corrected chi connectivity index (χ1v) is 9.72. The van der Waals surface area contributed by atoms with Crippen LogP contribution in [0.25, 0.3) is 10.4 Å². The zero-order chi connectivity index (χ0) is 17.5. The molecule has 0 saturated heterocycles. The third kappa shape index (κ3) is 3.00. The van der Waals surface area contributed by atoms with Crippen LogP contribution in [0.2, 0.25) is 5.02 Å². The lowest BCUT2D eigenvalue weighted by molar-refractivity contribution is -0.140. The molecule has 2 N–H and O–H groups in total. The largest absolute Gasteiger partial charge is 0.480 e. The summed E-state index contributed by atoms with van der Waals surface area (Å²) in [6, 6.07) is 10.2. The predicted molar refractivity (Wildman–Crippen MR) is 93.8 cm³/mol. The lowest BCUT2D eigenvalue weighted by Gasteiger charge is -2.13. The molecule has 2 atom stereocenters. The zero-order valence-electron chi connectivity index (χ0n) is 12.4. The number of nitrogens with one attached hydrogen (secondary N) is 1. The molecule has 0 bridgehead atoms. The fourth-order valence-corrected chi connectivity index (χ4v) is 5.35. The second-order valence-corrected chi connectivity index (χ2v) is 8.98. The molecule has 1 saturated carbocycles. The summed E-state index contributed by atoms with van der Waals surface area (Å²) in [4.78, 5) is 12.2. The van der Waals surface area contributed by atoms with Gasteiger partial charge >= 0.3 is 5.97 Å². The molecule has 0 radical (unpaired) electrons. The van der Waals surface area contributed by atoms with Gasteiger partial charge in [0.2, 0.25) is 0 Å². The Hall–Kier alpha value is -1.67. The van der Waals surface area contributed by atoms with Crippen LogP contribution in [-0.2, 0) is 14.8 Å². The molecule has 8 heteroatoms. The maximum absolute atomic E-state index is 12.5. The number of sulfonamides is 1. The van der Waals surface area contributed by atoms with Crippen LogP contribution in [-0.4, -0.2) is 25.0 Å². The average Bonchev–Trinajstić information content (AvgIpc) is 3.01. The minimum absolute atomic E-state index is 0.0720. The molecule has 3 rings (SSSR count). The normalized spacial score (nSPS) is 23.0. The Balaban J connectivity index is 1.87. The Morgan fingerprint density at radius 1 is 1.33 bits per heavy atom. The summed E-state index contributed by atoms with van der Waals surface area (Å²) in [6.07, 6.45) is 1.67. The number of rotatable bonds is 6. The molecule has 126 valence electrons.